The van der Waals surface area contributed by atoms with Gasteiger partial charge in [0.1, 0.15) is 5.75 Å². The van der Waals surface area contributed by atoms with Crippen LogP contribution in [0.1, 0.15) is 10.4 Å². The van der Waals surface area contributed by atoms with E-state index in [2.05, 4.69) is 15.3 Å². The average molecular weight is 353 g/mol. The van der Waals surface area contributed by atoms with E-state index in [1.165, 1.54) is 0 Å². The molecule has 0 spiro atoms. The number of methoxy groups -OCH3 is 1. The number of hydrogen-bond acceptors (Lipinski definition) is 4. The molecule has 0 aliphatic rings. The molecule has 0 aliphatic heterocycles. The summed E-state index contributed by atoms with van der Waals surface area (Å²) in [5.74, 6) is 1.38. The lowest BCUT2D eigenvalue weighted by Crippen LogP contribution is -2.25. The maximum absolute atomic E-state index is 12.1. The van der Waals surface area contributed by atoms with E-state index in [4.69, 9.17) is 4.74 Å². The molecule has 0 unspecified atom stereocenters. The van der Waals surface area contributed by atoms with Crippen molar-refractivity contribution in [3.05, 3.63) is 66.4 Å². The van der Waals surface area contributed by atoms with Gasteiger partial charge in [0.25, 0.3) is 5.91 Å². The summed E-state index contributed by atoms with van der Waals surface area (Å²) in [5, 5.41) is 3.75. The van der Waals surface area contributed by atoms with Crippen LogP contribution < -0.4 is 10.1 Å². The summed E-state index contributed by atoms with van der Waals surface area (Å²) in [6.07, 6.45) is 1.83. The summed E-state index contributed by atoms with van der Waals surface area (Å²) < 4.78 is 5.08. The fourth-order valence-corrected chi connectivity index (χ4v) is 3.00. The fourth-order valence-electron chi connectivity index (χ4n) is 2.30. The van der Waals surface area contributed by atoms with E-state index < -0.39 is 0 Å². The van der Waals surface area contributed by atoms with Crippen molar-refractivity contribution in [2.24, 2.45) is 0 Å². The van der Waals surface area contributed by atoms with Crippen LogP contribution in [0.25, 0.3) is 11.3 Å². The van der Waals surface area contributed by atoms with E-state index in [9.17, 15) is 4.79 Å². The van der Waals surface area contributed by atoms with Crippen molar-refractivity contribution in [2.75, 3.05) is 19.4 Å². The molecule has 3 rings (SSSR count). The van der Waals surface area contributed by atoms with E-state index in [1.807, 2.05) is 36.5 Å². The van der Waals surface area contributed by atoms with Crippen LogP contribution in [0.2, 0.25) is 0 Å². The second-order valence-corrected chi connectivity index (χ2v) is 6.38. The number of benzene rings is 2. The number of nitrogens with zero attached hydrogens (tertiary/aromatic N) is 1. The Bertz CT molecular complexity index is 816. The van der Waals surface area contributed by atoms with Gasteiger partial charge in [0, 0.05) is 17.9 Å². The zero-order chi connectivity index (χ0) is 17.5. The highest BCUT2D eigenvalue weighted by atomic mass is 32.2. The Hall–Kier alpha value is -2.73. The first-order valence-electron chi connectivity index (χ1n) is 7.92. The molecular weight excluding hydrogens is 334 g/mol. The van der Waals surface area contributed by atoms with Crippen molar-refractivity contribution in [3.8, 4) is 17.0 Å². The van der Waals surface area contributed by atoms with Gasteiger partial charge in [-0.1, -0.05) is 42.1 Å². The van der Waals surface area contributed by atoms with Crippen LogP contribution in [0.3, 0.4) is 0 Å². The number of carbonyl (C=O) groups is 1. The molecule has 2 N–H and O–H groups in total. The molecule has 0 saturated heterocycles. The van der Waals surface area contributed by atoms with Crippen molar-refractivity contribution in [1.29, 1.82) is 0 Å². The Morgan fingerprint density at radius 2 is 1.92 bits per heavy atom. The molecule has 2 aromatic carbocycles. The van der Waals surface area contributed by atoms with Gasteiger partial charge < -0.3 is 15.0 Å². The molecule has 5 nitrogen and oxygen atoms in total. The Kier molecular flexibility index (Phi) is 5.74. The summed E-state index contributed by atoms with van der Waals surface area (Å²) in [7, 11) is 1.60. The number of amides is 1. The third kappa shape index (κ3) is 4.64. The first-order chi connectivity index (χ1) is 12.3. The third-order valence-corrected chi connectivity index (χ3v) is 4.51. The Morgan fingerprint density at radius 3 is 2.64 bits per heavy atom. The molecule has 0 saturated carbocycles. The Balaban J connectivity index is 1.45. The Morgan fingerprint density at radius 1 is 1.16 bits per heavy atom. The van der Waals surface area contributed by atoms with E-state index in [-0.39, 0.29) is 5.91 Å². The normalized spacial score (nSPS) is 10.4. The van der Waals surface area contributed by atoms with Crippen LogP contribution in [0, 0.1) is 0 Å². The van der Waals surface area contributed by atoms with Gasteiger partial charge in [0.05, 0.1) is 19.0 Å². The molecule has 0 aliphatic carbocycles. The lowest BCUT2D eigenvalue weighted by atomic mass is 10.2. The van der Waals surface area contributed by atoms with Crippen LogP contribution in [0.5, 0.6) is 5.75 Å². The number of ether oxygens (including phenoxy) is 1. The summed E-state index contributed by atoms with van der Waals surface area (Å²) in [6.45, 7) is 0.566. The standard InChI is InChI=1S/C19H19N3O2S/c1-24-16-9-7-15(8-10-16)18(23)20-11-12-25-19-21-13-17(22-19)14-5-3-2-4-6-14/h2-10,13H,11-12H2,1H3,(H,20,23)(H,21,22). The number of H-pyrrole nitrogens is 1. The number of aromatic amines is 1. The molecule has 1 aromatic heterocycles. The fraction of sp³-hybridized carbons (Fsp3) is 0.158. The van der Waals surface area contributed by atoms with Crippen LogP contribution in [0.15, 0.2) is 66.0 Å². The lowest BCUT2D eigenvalue weighted by Gasteiger charge is -2.05. The van der Waals surface area contributed by atoms with Crippen molar-refractivity contribution < 1.29 is 9.53 Å². The molecule has 0 fully saturated rings. The summed E-state index contributed by atoms with van der Waals surface area (Å²) >= 11 is 1.58. The van der Waals surface area contributed by atoms with E-state index in [1.54, 1.807) is 43.1 Å². The number of hydrogen-bond donors (Lipinski definition) is 2. The van der Waals surface area contributed by atoms with Gasteiger partial charge in [0.15, 0.2) is 5.16 Å². The lowest BCUT2D eigenvalue weighted by molar-refractivity contribution is 0.0956. The highest BCUT2D eigenvalue weighted by Crippen LogP contribution is 2.20. The number of carbonyl (C=O) groups excluding carboxylic acids is 1. The van der Waals surface area contributed by atoms with E-state index in [0.29, 0.717) is 12.1 Å². The average Bonchev–Trinajstić information content (AvgIpc) is 3.15. The van der Waals surface area contributed by atoms with Crippen molar-refractivity contribution >= 4 is 17.7 Å². The predicted octanol–water partition coefficient (Wildman–Crippen LogP) is 3.61. The molecule has 1 heterocycles. The van der Waals surface area contributed by atoms with Crippen molar-refractivity contribution in [1.82, 2.24) is 15.3 Å². The zero-order valence-electron chi connectivity index (χ0n) is 13.9. The highest BCUT2D eigenvalue weighted by Gasteiger charge is 2.06. The van der Waals surface area contributed by atoms with Gasteiger partial charge in [0.2, 0.25) is 0 Å². The minimum Gasteiger partial charge on any atom is -0.497 e. The number of imidazole rings is 1. The first kappa shape index (κ1) is 17.1. The largest absolute Gasteiger partial charge is 0.497 e. The van der Waals surface area contributed by atoms with Crippen molar-refractivity contribution in [2.45, 2.75) is 5.16 Å². The molecule has 6 heteroatoms. The van der Waals surface area contributed by atoms with Crippen LogP contribution in [-0.4, -0.2) is 35.3 Å². The highest BCUT2D eigenvalue weighted by molar-refractivity contribution is 7.99. The summed E-state index contributed by atoms with van der Waals surface area (Å²) in [4.78, 5) is 19.7. The number of rotatable bonds is 7. The monoisotopic (exact) mass is 353 g/mol. The molecule has 128 valence electrons. The number of thioether (sulfide) groups is 1. The molecule has 25 heavy (non-hydrogen) atoms. The van der Waals surface area contributed by atoms with Crippen LogP contribution in [0.4, 0.5) is 0 Å². The minimum atomic E-state index is -0.0901. The predicted molar refractivity (Wildman–Crippen MR) is 100 cm³/mol. The molecular formula is C19H19N3O2S. The van der Waals surface area contributed by atoms with Gasteiger partial charge >= 0.3 is 0 Å². The molecule has 1 amide bonds. The number of aromatic nitrogens is 2. The topological polar surface area (TPSA) is 67.0 Å². The van der Waals surface area contributed by atoms with Gasteiger partial charge in [-0.2, -0.15) is 0 Å². The first-order valence-corrected chi connectivity index (χ1v) is 8.90. The maximum atomic E-state index is 12.1. The van der Waals surface area contributed by atoms with E-state index in [0.717, 1.165) is 27.9 Å². The van der Waals surface area contributed by atoms with Crippen molar-refractivity contribution in [3.63, 3.8) is 0 Å². The van der Waals surface area contributed by atoms with Gasteiger partial charge in [-0.3, -0.25) is 4.79 Å². The third-order valence-electron chi connectivity index (χ3n) is 3.62. The van der Waals surface area contributed by atoms with Gasteiger partial charge in [-0.25, -0.2) is 4.98 Å². The quantitative estimate of drug-likeness (QED) is 0.503. The zero-order valence-corrected chi connectivity index (χ0v) is 14.7. The van der Waals surface area contributed by atoms with E-state index >= 15 is 0 Å². The second-order valence-electron chi connectivity index (χ2n) is 5.30. The SMILES string of the molecule is COc1ccc(C(=O)NCCSc2ncc(-c3ccccc3)[nH]2)cc1. The summed E-state index contributed by atoms with van der Waals surface area (Å²) in [6, 6.07) is 17.1. The maximum Gasteiger partial charge on any atom is 0.251 e. The van der Waals surface area contributed by atoms with Gasteiger partial charge in [-0.15, -0.1) is 0 Å². The van der Waals surface area contributed by atoms with Crippen LogP contribution in [-0.2, 0) is 0 Å². The molecule has 0 atom stereocenters. The molecule has 0 bridgehead atoms. The minimum absolute atomic E-state index is 0.0901. The Labute approximate surface area is 150 Å². The smallest absolute Gasteiger partial charge is 0.251 e. The number of nitrogens with one attached hydrogen (secondary N) is 2. The second kappa shape index (κ2) is 8.39. The van der Waals surface area contributed by atoms with Gasteiger partial charge in [-0.05, 0) is 29.8 Å². The molecule has 3 aromatic rings. The van der Waals surface area contributed by atoms with Crippen LogP contribution >= 0.6 is 11.8 Å². The molecule has 0 radical (unpaired) electrons. The summed E-state index contributed by atoms with van der Waals surface area (Å²) in [5.41, 5.74) is 2.72.